The lowest BCUT2D eigenvalue weighted by Crippen LogP contribution is -2.45. The van der Waals surface area contributed by atoms with Gasteiger partial charge in [0.15, 0.2) is 0 Å². The third kappa shape index (κ3) is 3.60. The van der Waals surface area contributed by atoms with E-state index in [9.17, 15) is 20.0 Å². The number of aryl methyl sites for hydroxylation is 1. The van der Waals surface area contributed by atoms with E-state index in [1.807, 2.05) is 0 Å². The molecule has 2 N–H and O–H groups in total. The summed E-state index contributed by atoms with van der Waals surface area (Å²) in [5, 5.41) is 23.8. The number of rotatable bonds is 4. The Kier molecular flexibility index (Phi) is 4.32. The number of nitrogens with zero attached hydrogens (tertiary/aromatic N) is 2. The highest BCUT2D eigenvalue weighted by Gasteiger charge is 2.32. The second kappa shape index (κ2) is 5.85. The molecule has 0 unspecified atom stereocenters. The molecule has 0 saturated heterocycles. The SMILES string of the molecule is CC1CCC(O)(CNC(=O)c2cc([N+](=O)[O-])cn2C)CC1. The number of aromatic nitrogens is 1. The van der Waals surface area contributed by atoms with Gasteiger partial charge >= 0.3 is 0 Å². The van der Waals surface area contributed by atoms with Crippen LogP contribution in [0.15, 0.2) is 12.3 Å². The molecule has 1 aliphatic rings. The van der Waals surface area contributed by atoms with Crippen LogP contribution in [-0.4, -0.2) is 32.6 Å². The van der Waals surface area contributed by atoms with Crippen molar-refractivity contribution in [2.75, 3.05) is 6.54 Å². The number of amides is 1. The number of nitrogens with one attached hydrogen (secondary N) is 1. The zero-order chi connectivity index (χ0) is 15.6. The molecular weight excluding hydrogens is 274 g/mol. The molecule has 7 nitrogen and oxygen atoms in total. The average Bonchev–Trinajstić information content (AvgIpc) is 2.82. The van der Waals surface area contributed by atoms with E-state index in [2.05, 4.69) is 12.2 Å². The minimum atomic E-state index is -0.862. The van der Waals surface area contributed by atoms with E-state index in [0.717, 1.165) is 12.8 Å². The maximum absolute atomic E-state index is 12.1. The summed E-state index contributed by atoms with van der Waals surface area (Å²) in [6, 6.07) is 1.24. The van der Waals surface area contributed by atoms with E-state index in [-0.39, 0.29) is 17.9 Å². The van der Waals surface area contributed by atoms with Crippen LogP contribution in [0.2, 0.25) is 0 Å². The van der Waals surface area contributed by atoms with Gasteiger partial charge in [-0.2, -0.15) is 0 Å². The minimum Gasteiger partial charge on any atom is -0.388 e. The summed E-state index contributed by atoms with van der Waals surface area (Å²) in [4.78, 5) is 22.2. The van der Waals surface area contributed by atoms with Gasteiger partial charge in [0.1, 0.15) is 5.69 Å². The Balaban J connectivity index is 1.97. The van der Waals surface area contributed by atoms with Crippen molar-refractivity contribution in [3.8, 4) is 0 Å². The van der Waals surface area contributed by atoms with Crippen molar-refractivity contribution in [3.05, 3.63) is 28.1 Å². The predicted molar refractivity (Wildman–Crippen MR) is 77.0 cm³/mol. The quantitative estimate of drug-likeness (QED) is 0.651. The zero-order valence-electron chi connectivity index (χ0n) is 12.3. The lowest BCUT2D eigenvalue weighted by Gasteiger charge is -2.34. The second-order valence-electron chi connectivity index (χ2n) is 6.04. The van der Waals surface area contributed by atoms with Gasteiger partial charge in [0.25, 0.3) is 11.6 Å². The van der Waals surface area contributed by atoms with Gasteiger partial charge in [-0.3, -0.25) is 14.9 Å². The summed E-state index contributed by atoms with van der Waals surface area (Å²) in [6.45, 7) is 2.33. The summed E-state index contributed by atoms with van der Waals surface area (Å²) in [6.07, 6.45) is 4.53. The Hall–Kier alpha value is -1.89. The highest BCUT2D eigenvalue weighted by atomic mass is 16.6. The Bertz CT molecular complexity index is 544. The van der Waals surface area contributed by atoms with Crippen molar-refractivity contribution in [1.29, 1.82) is 0 Å². The fraction of sp³-hybridized carbons (Fsp3) is 0.643. The average molecular weight is 295 g/mol. The highest BCUT2D eigenvalue weighted by Crippen LogP contribution is 2.31. The highest BCUT2D eigenvalue weighted by molar-refractivity contribution is 5.93. The molecule has 0 radical (unpaired) electrons. The van der Waals surface area contributed by atoms with Gasteiger partial charge in [-0.25, -0.2) is 0 Å². The fourth-order valence-corrected chi connectivity index (χ4v) is 2.68. The van der Waals surface area contributed by atoms with Gasteiger partial charge in [0.05, 0.1) is 16.7 Å². The number of carbonyl (C=O) groups is 1. The first-order chi connectivity index (χ1) is 9.81. The second-order valence-corrected chi connectivity index (χ2v) is 6.04. The molecular formula is C14H21N3O4. The molecule has 1 amide bonds. The lowest BCUT2D eigenvalue weighted by atomic mass is 9.79. The van der Waals surface area contributed by atoms with E-state index in [1.54, 1.807) is 7.05 Å². The smallest absolute Gasteiger partial charge is 0.287 e. The monoisotopic (exact) mass is 295 g/mol. The molecule has 0 aromatic carbocycles. The summed E-state index contributed by atoms with van der Waals surface area (Å²) in [5.74, 6) is 0.203. The van der Waals surface area contributed by atoms with Crippen LogP contribution in [0.25, 0.3) is 0 Å². The molecule has 1 aliphatic carbocycles. The Labute approximate surface area is 123 Å². The van der Waals surface area contributed by atoms with Gasteiger partial charge in [-0.15, -0.1) is 0 Å². The molecule has 21 heavy (non-hydrogen) atoms. The number of aliphatic hydroxyl groups is 1. The molecule has 1 aromatic heterocycles. The van der Waals surface area contributed by atoms with Crippen molar-refractivity contribution in [1.82, 2.24) is 9.88 Å². The zero-order valence-corrected chi connectivity index (χ0v) is 12.3. The van der Waals surface area contributed by atoms with Crippen molar-refractivity contribution in [2.45, 2.75) is 38.2 Å². The van der Waals surface area contributed by atoms with Crippen LogP contribution in [0.1, 0.15) is 43.1 Å². The number of carbonyl (C=O) groups excluding carboxylic acids is 1. The molecule has 1 fully saturated rings. The molecule has 1 heterocycles. The van der Waals surface area contributed by atoms with Crippen LogP contribution in [-0.2, 0) is 7.05 Å². The van der Waals surface area contributed by atoms with E-state index >= 15 is 0 Å². The third-order valence-electron chi connectivity index (χ3n) is 4.22. The van der Waals surface area contributed by atoms with E-state index in [0.29, 0.717) is 18.8 Å². The van der Waals surface area contributed by atoms with E-state index < -0.39 is 16.4 Å². The van der Waals surface area contributed by atoms with Crippen molar-refractivity contribution < 1.29 is 14.8 Å². The molecule has 0 spiro atoms. The van der Waals surface area contributed by atoms with Gasteiger partial charge < -0.3 is 15.0 Å². The topological polar surface area (TPSA) is 97.4 Å². The summed E-state index contributed by atoms with van der Waals surface area (Å²) in [5.41, 5.74) is -0.762. The Morgan fingerprint density at radius 2 is 2.19 bits per heavy atom. The predicted octanol–water partition coefficient (Wildman–Crippen LogP) is 1.60. The van der Waals surface area contributed by atoms with Gasteiger partial charge in [-0.05, 0) is 31.6 Å². The Morgan fingerprint density at radius 1 is 1.57 bits per heavy atom. The van der Waals surface area contributed by atoms with E-state index in [1.165, 1.54) is 16.8 Å². The first-order valence-corrected chi connectivity index (χ1v) is 7.12. The lowest BCUT2D eigenvalue weighted by molar-refractivity contribution is -0.384. The summed E-state index contributed by atoms with van der Waals surface area (Å²) < 4.78 is 1.42. The van der Waals surface area contributed by atoms with Crippen LogP contribution in [0.3, 0.4) is 0 Å². The van der Waals surface area contributed by atoms with Crippen molar-refractivity contribution >= 4 is 11.6 Å². The minimum absolute atomic E-state index is 0.118. The molecule has 2 rings (SSSR count). The van der Waals surface area contributed by atoms with Crippen LogP contribution < -0.4 is 5.32 Å². The normalized spacial score (nSPS) is 25.6. The molecule has 1 saturated carbocycles. The van der Waals surface area contributed by atoms with Gasteiger partial charge in [0, 0.05) is 19.7 Å². The molecule has 7 heteroatoms. The fourth-order valence-electron chi connectivity index (χ4n) is 2.68. The largest absolute Gasteiger partial charge is 0.388 e. The maximum Gasteiger partial charge on any atom is 0.287 e. The molecule has 0 bridgehead atoms. The van der Waals surface area contributed by atoms with Crippen LogP contribution in [0, 0.1) is 16.0 Å². The maximum atomic E-state index is 12.1. The van der Waals surface area contributed by atoms with E-state index in [4.69, 9.17) is 0 Å². The first-order valence-electron chi connectivity index (χ1n) is 7.12. The molecule has 0 atom stereocenters. The molecule has 0 aliphatic heterocycles. The standard InChI is InChI=1S/C14H21N3O4/c1-10-3-5-14(19,6-4-10)9-15-13(18)12-7-11(17(20)21)8-16(12)2/h7-8,10,19H,3-6,9H2,1-2H3,(H,15,18). The number of hydrogen-bond acceptors (Lipinski definition) is 4. The van der Waals surface area contributed by atoms with Crippen LogP contribution in [0.5, 0.6) is 0 Å². The summed E-state index contributed by atoms with van der Waals surface area (Å²) >= 11 is 0. The molecule has 116 valence electrons. The van der Waals surface area contributed by atoms with Gasteiger partial charge in [0.2, 0.25) is 0 Å². The van der Waals surface area contributed by atoms with Crippen LogP contribution in [0.4, 0.5) is 5.69 Å². The number of nitro groups is 1. The summed E-state index contributed by atoms with van der Waals surface area (Å²) in [7, 11) is 1.58. The van der Waals surface area contributed by atoms with Crippen LogP contribution >= 0.6 is 0 Å². The Morgan fingerprint density at radius 3 is 2.71 bits per heavy atom. The molecule has 1 aromatic rings. The van der Waals surface area contributed by atoms with Gasteiger partial charge in [-0.1, -0.05) is 6.92 Å². The number of hydrogen-bond donors (Lipinski definition) is 2. The van der Waals surface area contributed by atoms with Crippen molar-refractivity contribution in [3.63, 3.8) is 0 Å². The third-order valence-corrected chi connectivity index (χ3v) is 4.22. The first kappa shape index (κ1) is 15.5. The van der Waals surface area contributed by atoms with Crippen molar-refractivity contribution in [2.24, 2.45) is 13.0 Å².